The average molecular weight is 291 g/mol. The van der Waals surface area contributed by atoms with E-state index < -0.39 is 5.60 Å². The molecule has 0 radical (unpaired) electrons. The highest BCUT2D eigenvalue weighted by Crippen LogP contribution is 2.26. The van der Waals surface area contributed by atoms with Crippen LogP contribution in [0.4, 0.5) is 4.79 Å². The highest BCUT2D eigenvalue weighted by Gasteiger charge is 2.35. The summed E-state index contributed by atoms with van der Waals surface area (Å²) in [5, 5.41) is 12.9. The van der Waals surface area contributed by atoms with E-state index in [0.29, 0.717) is 19.6 Å². The molecule has 1 atom stereocenters. The lowest BCUT2D eigenvalue weighted by molar-refractivity contribution is 0.0225. The number of aromatic nitrogens is 1. The number of likely N-dealkylation sites (tertiary alicyclic amines) is 1. The Kier molecular flexibility index (Phi) is 4.52. The van der Waals surface area contributed by atoms with Crippen molar-refractivity contribution in [3.05, 3.63) is 29.1 Å². The third kappa shape index (κ3) is 3.94. The quantitative estimate of drug-likeness (QED) is 0.895. The Morgan fingerprint density at radius 3 is 2.81 bits per heavy atom. The topological polar surface area (TPSA) is 65.5 Å². The molecule has 0 spiro atoms. The number of aliphatic hydroxyl groups is 1. The number of carbonyl (C=O) groups excluding carboxylic acids is 1. The van der Waals surface area contributed by atoms with E-state index in [1.54, 1.807) is 24.9 Å². The van der Waals surface area contributed by atoms with Crippen molar-refractivity contribution in [1.29, 1.82) is 0 Å². The first-order valence-electron chi connectivity index (χ1n) is 7.44. The van der Waals surface area contributed by atoms with Gasteiger partial charge in [-0.25, -0.2) is 4.79 Å². The van der Waals surface area contributed by atoms with Crippen LogP contribution in [-0.4, -0.2) is 39.7 Å². The standard InChI is InChI=1S/C16H25N3O2/c1-11-7-13(8-17-12(11)2)9-18-15(20)19-6-5-14(10-19)16(3,4)21/h7-8,14,21H,5-6,9-10H2,1-4H3,(H,18,20)/t14-/m0/s1. The number of nitrogens with zero attached hydrogens (tertiary/aromatic N) is 2. The summed E-state index contributed by atoms with van der Waals surface area (Å²) < 4.78 is 0. The van der Waals surface area contributed by atoms with Crippen molar-refractivity contribution in [2.45, 2.75) is 46.3 Å². The highest BCUT2D eigenvalue weighted by molar-refractivity contribution is 5.74. The lowest BCUT2D eigenvalue weighted by atomic mass is 9.91. The predicted molar refractivity (Wildman–Crippen MR) is 81.9 cm³/mol. The fourth-order valence-electron chi connectivity index (χ4n) is 2.61. The Hall–Kier alpha value is -1.62. The number of aryl methyl sites for hydroxylation is 2. The second-order valence-electron chi connectivity index (χ2n) is 6.49. The lowest BCUT2D eigenvalue weighted by Gasteiger charge is -2.25. The van der Waals surface area contributed by atoms with Crippen molar-refractivity contribution in [2.75, 3.05) is 13.1 Å². The largest absolute Gasteiger partial charge is 0.390 e. The Labute approximate surface area is 126 Å². The minimum Gasteiger partial charge on any atom is -0.390 e. The molecular formula is C16H25N3O2. The second-order valence-corrected chi connectivity index (χ2v) is 6.49. The van der Waals surface area contributed by atoms with E-state index in [1.165, 1.54) is 0 Å². The molecule has 1 aromatic heterocycles. The molecule has 1 aliphatic heterocycles. The van der Waals surface area contributed by atoms with Gasteiger partial charge in [0.05, 0.1) is 5.60 Å². The Bertz CT molecular complexity index is 523. The molecule has 2 heterocycles. The van der Waals surface area contributed by atoms with Crippen LogP contribution in [0.5, 0.6) is 0 Å². The van der Waals surface area contributed by atoms with Crippen molar-refractivity contribution in [2.24, 2.45) is 5.92 Å². The maximum Gasteiger partial charge on any atom is 0.317 e. The number of hydrogen-bond donors (Lipinski definition) is 2. The third-order valence-electron chi connectivity index (χ3n) is 4.31. The highest BCUT2D eigenvalue weighted by atomic mass is 16.3. The number of nitrogens with one attached hydrogen (secondary N) is 1. The molecule has 1 aliphatic rings. The zero-order valence-corrected chi connectivity index (χ0v) is 13.3. The first kappa shape index (κ1) is 15.8. The number of urea groups is 1. The molecule has 0 unspecified atom stereocenters. The van der Waals surface area contributed by atoms with Gasteiger partial charge in [-0.3, -0.25) is 4.98 Å². The molecular weight excluding hydrogens is 266 g/mol. The van der Waals surface area contributed by atoms with E-state index in [-0.39, 0.29) is 11.9 Å². The number of rotatable bonds is 3. The van der Waals surface area contributed by atoms with Crippen LogP contribution in [0, 0.1) is 19.8 Å². The summed E-state index contributed by atoms with van der Waals surface area (Å²) in [6.45, 7) is 9.39. The summed E-state index contributed by atoms with van der Waals surface area (Å²) in [4.78, 5) is 18.2. The van der Waals surface area contributed by atoms with Gasteiger partial charge < -0.3 is 15.3 Å². The summed E-state index contributed by atoms with van der Waals surface area (Å²) in [5.41, 5.74) is 2.42. The lowest BCUT2D eigenvalue weighted by Crippen LogP contribution is -2.40. The number of hydrogen-bond acceptors (Lipinski definition) is 3. The summed E-state index contributed by atoms with van der Waals surface area (Å²) in [6, 6.07) is 1.98. The zero-order valence-electron chi connectivity index (χ0n) is 13.3. The van der Waals surface area contributed by atoms with Crippen LogP contribution in [0.2, 0.25) is 0 Å². The SMILES string of the molecule is Cc1cc(CNC(=O)N2CC[C@H](C(C)(C)O)C2)cnc1C. The smallest absolute Gasteiger partial charge is 0.317 e. The number of carbonyl (C=O) groups is 1. The van der Waals surface area contributed by atoms with Crippen molar-refractivity contribution in [1.82, 2.24) is 15.2 Å². The second kappa shape index (κ2) is 6.02. The maximum absolute atomic E-state index is 12.2. The molecule has 1 aromatic rings. The van der Waals surface area contributed by atoms with Gasteiger partial charge in [-0.15, -0.1) is 0 Å². The molecule has 2 rings (SSSR count). The predicted octanol–water partition coefficient (Wildman–Crippen LogP) is 2.00. The first-order valence-corrected chi connectivity index (χ1v) is 7.44. The summed E-state index contributed by atoms with van der Waals surface area (Å²) >= 11 is 0. The average Bonchev–Trinajstić information content (AvgIpc) is 2.89. The molecule has 116 valence electrons. The van der Waals surface area contributed by atoms with Gasteiger partial charge in [0.25, 0.3) is 0 Å². The molecule has 0 saturated carbocycles. The van der Waals surface area contributed by atoms with Gasteiger partial charge in [0.1, 0.15) is 0 Å². The number of amides is 2. The van der Waals surface area contributed by atoms with Crippen molar-refractivity contribution >= 4 is 6.03 Å². The van der Waals surface area contributed by atoms with Gasteiger partial charge >= 0.3 is 6.03 Å². The molecule has 2 amide bonds. The van der Waals surface area contributed by atoms with Gasteiger partial charge in [0.15, 0.2) is 0 Å². The fourth-order valence-corrected chi connectivity index (χ4v) is 2.61. The summed E-state index contributed by atoms with van der Waals surface area (Å²) in [6.07, 6.45) is 2.65. The van der Waals surface area contributed by atoms with E-state index in [2.05, 4.69) is 10.3 Å². The van der Waals surface area contributed by atoms with Gasteiger partial charge in [0.2, 0.25) is 0 Å². The van der Waals surface area contributed by atoms with E-state index in [9.17, 15) is 9.90 Å². The third-order valence-corrected chi connectivity index (χ3v) is 4.31. The van der Waals surface area contributed by atoms with Crippen molar-refractivity contribution in [3.63, 3.8) is 0 Å². The molecule has 0 bridgehead atoms. The normalized spacial score (nSPS) is 18.9. The summed E-state index contributed by atoms with van der Waals surface area (Å²) in [5.74, 6) is 0.145. The van der Waals surface area contributed by atoms with Crippen LogP contribution in [-0.2, 0) is 6.54 Å². The van der Waals surface area contributed by atoms with Gasteiger partial charge in [-0.2, -0.15) is 0 Å². The molecule has 5 nitrogen and oxygen atoms in total. The van der Waals surface area contributed by atoms with E-state index >= 15 is 0 Å². The molecule has 0 aliphatic carbocycles. The Balaban J connectivity index is 1.87. The minimum absolute atomic E-state index is 0.0695. The molecule has 1 saturated heterocycles. The van der Waals surface area contributed by atoms with Crippen LogP contribution in [0.15, 0.2) is 12.3 Å². The maximum atomic E-state index is 12.2. The monoisotopic (exact) mass is 291 g/mol. The van der Waals surface area contributed by atoms with E-state index in [4.69, 9.17) is 0 Å². The molecule has 21 heavy (non-hydrogen) atoms. The molecule has 1 fully saturated rings. The van der Waals surface area contributed by atoms with Crippen molar-refractivity contribution < 1.29 is 9.90 Å². The van der Waals surface area contributed by atoms with Crippen LogP contribution in [0.1, 0.15) is 37.1 Å². The van der Waals surface area contributed by atoms with Crippen LogP contribution < -0.4 is 5.32 Å². The van der Waals surface area contributed by atoms with Crippen LogP contribution >= 0.6 is 0 Å². The van der Waals surface area contributed by atoms with Gasteiger partial charge in [-0.1, -0.05) is 6.07 Å². The Morgan fingerprint density at radius 2 is 2.24 bits per heavy atom. The van der Waals surface area contributed by atoms with E-state index in [1.807, 2.05) is 19.9 Å². The van der Waals surface area contributed by atoms with Gasteiger partial charge in [0, 0.05) is 37.4 Å². The molecule has 0 aromatic carbocycles. The van der Waals surface area contributed by atoms with Crippen molar-refractivity contribution in [3.8, 4) is 0 Å². The number of pyridine rings is 1. The molecule has 5 heteroatoms. The van der Waals surface area contributed by atoms with E-state index in [0.717, 1.165) is 23.2 Å². The fraction of sp³-hybridized carbons (Fsp3) is 0.625. The van der Waals surface area contributed by atoms with Crippen LogP contribution in [0.25, 0.3) is 0 Å². The van der Waals surface area contributed by atoms with Gasteiger partial charge in [-0.05, 0) is 45.2 Å². The van der Waals surface area contributed by atoms with Crippen LogP contribution in [0.3, 0.4) is 0 Å². The summed E-state index contributed by atoms with van der Waals surface area (Å²) in [7, 11) is 0. The zero-order chi connectivity index (χ0) is 15.6. The first-order chi connectivity index (χ1) is 9.77. The Morgan fingerprint density at radius 1 is 1.52 bits per heavy atom. The minimum atomic E-state index is -0.729. The molecule has 2 N–H and O–H groups in total.